The first-order valence-corrected chi connectivity index (χ1v) is 6.27. The van der Waals surface area contributed by atoms with E-state index >= 15 is 0 Å². The number of rotatable bonds is 7. The Balaban J connectivity index is 4.18. The fraction of sp³-hybridized carbons (Fsp3) is 1.00. The van der Waals surface area contributed by atoms with Crippen molar-refractivity contribution in [1.29, 1.82) is 0 Å². The van der Waals surface area contributed by atoms with Crippen LogP contribution in [0.15, 0.2) is 0 Å². The Morgan fingerprint density at radius 1 is 1.08 bits per heavy atom. The topological polar surface area (TPSA) is 27.7 Å². The molecule has 3 radical (unpaired) electrons. The van der Waals surface area contributed by atoms with Crippen molar-refractivity contribution in [3.05, 3.63) is 0 Å². The molecule has 0 amide bonds. The smallest absolute Gasteiger partial charge is 0.110 e. The fourth-order valence-corrected chi connectivity index (χ4v) is 3.42. The van der Waals surface area contributed by atoms with Crippen LogP contribution in [0.2, 0.25) is 0 Å². The highest BCUT2D eigenvalue weighted by Gasteiger charge is 2.35. The molecule has 0 aromatic rings. The van der Waals surface area contributed by atoms with Gasteiger partial charge in [-0.25, -0.2) is 0 Å². The number of hydrogen-bond acceptors (Lipinski definition) is 6. The van der Waals surface area contributed by atoms with Crippen molar-refractivity contribution in [2.24, 2.45) is 0 Å². The van der Waals surface area contributed by atoms with Gasteiger partial charge in [0.15, 0.2) is 0 Å². The molecular formula is C6H13O3S3Si. The molecule has 0 aliphatic heterocycles. The van der Waals surface area contributed by atoms with Gasteiger partial charge >= 0.3 is 0 Å². The Bertz CT molecular complexity index is 132. The molecule has 0 fully saturated rings. The summed E-state index contributed by atoms with van der Waals surface area (Å²) in [5, 5.41) is 0.184. The van der Waals surface area contributed by atoms with Crippen LogP contribution in [-0.2, 0) is 12.5 Å². The van der Waals surface area contributed by atoms with E-state index in [1.54, 1.807) is 21.3 Å². The fourth-order valence-electron chi connectivity index (χ4n) is 0.605. The second-order valence-corrected chi connectivity index (χ2v) is 7.37. The lowest BCUT2D eigenvalue weighted by atomic mass is 10.5. The zero-order valence-corrected chi connectivity index (χ0v) is 11.5. The first-order chi connectivity index (χ1) is 6.10. The lowest BCUT2D eigenvalue weighted by Gasteiger charge is -2.29. The van der Waals surface area contributed by atoms with E-state index in [2.05, 4.69) is 10.2 Å². The second kappa shape index (κ2) is 7.44. The molecule has 3 nitrogen and oxygen atoms in total. The van der Waals surface area contributed by atoms with Crippen LogP contribution >= 0.6 is 36.1 Å². The first-order valence-electron chi connectivity index (χ1n) is 3.48. The molecule has 0 aromatic heterocycles. The molecule has 0 saturated carbocycles. The Morgan fingerprint density at radius 2 is 1.54 bits per heavy atom. The summed E-state index contributed by atoms with van der Waals surface area (Å²) < 4.78 is 14.7. The first kappa shape index (κ1) is 14.1. The van der Waals surface area contributed by atoms with Gasteiger partial charge in [-0.05, 0) is 19.0 Å². The highest BCUT2D eigenvalue weighted by molar-refractivity contribution is 8.17. The molecule has 7 heteroatoms. The Morgan fingerprint density at radius 3 is 1.85 bits per heavy atom. The van der Waals surface area contributed by atoms with E-state index in [0.717, 1.165) is 0 Å². The Kier molecular flexibility index (Phi) is 8.10. The average Bonchev–Trinajstić information content (AvgIpc) is 2.05. The van der Waals surface area contributed by atoms with E-state index in [0.29, 0.717) is 0 Å². The molecule has 0 bridgehead atoms. The molecule has 13 heavy (non-hydrogen) atoms. The van der Waals surface area contributed by atoms with E-state index in [-0.39, 0.29) is 8.95 Å². The van der Waals surface area contributed by atoms with Crippen molar-refractivity contribution in [2.45, 2.75) is 15.9 Å². The van der Waals surface area contributed by atoms with Crippen LogP contribution in [0.25, 0.3) is 0 Å². The summed E-state index contributed by atoms with van der Waals surface area (Å²) in [6.07, 6.45) is 0. The predicted octanol–water partition coefficient (Wildman–Crippen LogP) is 2.08. The van der Waals surface area contributed by atoms with Crippen molar-refractivity contribution >= 4 is 46.4 Å². The monoisotopic (exact) mass is 257 g/mol. The van der Waals surface area contributed by atoms with Crippen LogP contribution in [0.4, 0.5) is 0 Å². The zero-order chi connectivity index (χ0) is 10.3. The SMILES string of the molecule is COSC(C)C([Si])(SOC)SOC. The van der Waals surface area contributed by atoms with Crippen molar-refractivity contribution in [3.63, 3.8) is 0 Å². The molecule has 0 aliphatic rings. The van der Waals surface area contributed by atoms with E-state index in [1.807, 2.05) is 6.92 Å². The number of hydrogen-bond donors (Lipinski definition) is 0. The summed E-state index contributed by atoms with van der Waals surface area (Å²) in [5.74, 6) is 0. The Hall–Kier alpha value is 1.15. The quantitative estimate of drug-likeness (QED) is 0.394. The highest BCUT2D eigenvalue weighted by Crippen LogP contribution is 2.42. The summed E-state index contributed by atoms with van der Waals surface area (Å²) in [5.41, 5.74) is 0. The molecular weight excluding hydrogens is 244 g/mol. The van der Waals surface area contributed by atoms with Gasteiger partial charge in [-0.3, -0.25) is 0 Å². The highest BCUT2D eigenvalue weighted by atomic mass is 32.2. The van der Waals surface area contributed by atoms with Crippen LogP contribution in [0.1, 0.15) is 6.92 Å². The van der Waals surface area contributed by atoms with Gasteiger partial charge < -0.3 is 12.5 Å². The average molecular weight is 257 g/mol. The summed E-state index contributed by atoms with van der Waals surface area (Å²) >= 11 is 3.97. The van der Waals surface area contributed by atoms with Gasteiger partial charge in [0.1, 0.15) is 3.70 Å². The minimum atomic E-state index is -0.357. The molecule has 1 atom stereocenters. The van der Waals surface area contributed by atoms with Gasteiger partial charge in [0, 0.05) is 24.1 Å². The third-order valence-electron chi connectivity index (χ3n) is 1.19. The van der Waals surface area contributed by atoms with Gasteiger partial charge in [-0.15, -0.1) is 0 Å². The minimum absolute atomic E-state index is 0.184. The third-order valence-corrected chi connectivity index (χ3v) is 5.41. The normalized spacial score (nSPS) is 14.5. The molecule has 0 saturated heterocycles. The van der Waals surface area contributed by atoms with Crippen LogP contribution < -0.4 is 0 Å². The largest absolute Gasteiger partial charge is 0.318 e. The summed E-state index contributed by atoms with van der Waals surface area (Å²) in [6.45, 7) is 2.03. The molecule has 1 unspecified atom stereocenters. The van der Waals surface area contributed by atoms with Crippen molar-refractivity contribution in [2.75, 3.05) is 21.3 Å². The van der Waals surface area contributed by atoms with Crippen LogP contribution in [-0.4, -0.2) is 40.5 Å². The lowest BCUT2D eigenvalue weighted by Crippen LogP contribution is -2.32. The van der Waals surface area contributed by atoms with Gasteiger partial charge in [0.2, 0.25) is 0 Å². The molecule has 0 aromatic carbocycles. The summed E-state index contributed by atoms with van der Waals surface area (Å²) in [4.78, 5) is 0. The maximum atomic E-state index is 5.03. The minimum Gasteiger partial charge on any atom is -0.318 e. The zero-order valence-electron chi connectivity index (χ0n) is 8.03. The molecule has 0 heterocycles. The maximum Gasteiger partial charge on any atom is 0.110 e. The van der Waals surface area contributed by atoms with E-state index in [1.165, 1.54) is 36.1 Å². The molecule has 0 aliphatic carbocycles. The van der Waals surface area contributed by atoms with Crippen LogP contribution in [0, 0.1) is 0 Å². The molecule has 77 valence electrons. The van der Waals surface area contributed by atoms with Gasteiger partial charge in [-0.2, -0.15) is 0 Å². The molecule has 0 rings (SSSR count). The second-order valence-electron chi connectivity index (χ2n) is 2.07. The van der Waals surface area contributed by atoms with Gasteiger partial charge in [-0.1, -0.05) is 0 Å². The van der Waals surface area contributed by atoms with E-state index in [4.69, 9.17) is 12.5 Å². The van der Waals surface area contributed by atoms with Crippen molar-refractivity contribution in [3.8, 4) is 0 Å². The summed E-state index contributed by atoms with van der Waals surface area (Å²) in [7, 11) is 8.49. The standard InChI is InChI=1S/C6H13O3S3Si/c1-5(10-7-2)6(13,11-8-3)12-9-4/h5H,1-4H3. The van der Waals surface area contributed by atoms with E-state index in [9.17, 15) is 0 Å². The van der Waals surface area contributed by atoms with Crippen LogP contribution in [0.3, 0.4) is 0 Å². The van der Waals surface area contributed by atoms with Gasteiger partial charge in [0.25, 0.3) is 0 Å². The predicted molar refractivity (Wildman–Crippen MR) is 61.7 cm³/mol. The van der Waals surface area contributed by atoms with Crippen LogP contribution in [0.5, 0.6) is 0 Å². The Labute approximate surface area is 96.1 Å². The molecule has 0 spiro atoms. The van der Waals surface area contributed by atoms with Crippen molar-refractivity contribution < 1.29 is 12.5 Å². The third kappa shape index (κ3) is 4.96. The summed E-state index contributed by atoms with van der Waals surface area (Å²) in [6, 6.07) is 0. The molecule has 0 N–H and O–H groups in total. The lowest BCUT2D eigenvalue weighted by molar-refractivity contribution is 0.466. The van der Waals surface area contributed by atoms with Crippen molar-refractivity contribution in [1.82, 2.24) is 0 Å². The maximum absolute atomic E-state index is 5.03. The van der Waals surface area contributed by atoms with E-state index < -0.39 is 0 Å². The van der Waals surface area contributed by atoms with Gasteiger partial charge in [0.05, 0.1) is 36.8 Å².